The van der Waals surface area contributed by atoms with Crippen molar-refractivity contribution in [2.75, 3.05) is 0 Å². The molecule has 0 spiro atoms. The molecule has 4 rings (SSSR count). The molecule has 1 aliphatic heterocycles. The highest BCUT2D eigenvalue weighted by atomic mass is 79.9. The number of fused-ring (bicyclic) bond motifs is 1. The first-order chi connectivity index (χ1) is 13.9. The zero-order valence-electron chi connectivity index (χ0n) is 15.9. The molecule has 3 aromatic carbocycles. The molecule has 1 heterocycles. The van der Waals surface area contributed by atoms with E-state index in [2.05, 4.69) is 15.9 Å². The van der Waals surface area contributed by atoms with E-state index < -0.39 is 5.97 Å². The molecule has 0 N–H and O–H groups in total. The number of ketones is 1. The molecule has 29 heavy (non-hydrogen) atoms. The maximum absolute atomic E-state index is 12.8. The second-order valence-electron chi connectivity index (χ2n) is 6.86. The molecule has 5 heteroatoms. The summed E-state index contributed by atoms with van der Waals surface area (Å²) >= 11 is 3.39. The van der Waals surface area contributed by atoms with Crippen LogP contribution in [0.3, 0.4) is 0 Å². The van der Waals surface area contributed by atoms with Crippen LogP contribution in [0, 0.1) is 13.8 Å². The fraction of sp³-hybridized carbons (Fsp3) is 0.0833. The zero-order valence-corrected chi connectivity index (χ0v) is 17.4. The molecule has 0 saturated carbocycles. The Morgan fingerprint density at radius 3 is 2.52 bits per heavy atom. The number of esters is 1. The number of hydrogen-bond acceptors (Lipinski definition) is 4. The van der Waals surface area contributed by atoms with Gasteiger partial charge in [0.05, 0.1) is 11.1 Å². The standard InChI is InChI=1S/C24H17BrO4/c1-14-4-3-5-17(10-14)24(27)28-19-11-15(2)22-20(13-19)29-21(23(22)26)12-16-6-8-18(25)9-7-16/h3-13H,1-2H3/b21-12-. The smallest absolute Gasteiger partial charge is 0.343 e. The number of carbonyl (C=O) groups is 2. The summed E-state index contributed by atoms with van der Waals surface area (Å²) in [5.41, 5.74) is 3.48. The van der Waals surface area contributed by atoms with Crippen LogP contribution in [0.4, 0.5) is 0 Å². The normalized spacial score (nSPS) is 13.9. The summed E-state index contributed by atoms with van der Waals surface area (Å²) in [6.45, 7) is 3.71. The fourth-order valence-electron chi connectivity index (χ4n) is 3.18. The molecule has 0 aromatic heterocycles. The molecule has 1 aliphatic rings. The van der Waals surface area contributed by atoms with Gasteiger partial charge in [-0.3, -0.25) is 4.79 Å². The largest absolute Gasteiger partial charge is 0.452 e. The lowest BCUT2D eigenvalue weighted by Crippen LogP contribution is -2.09. The topological polar surface area (TPSA) is 52.6 Å². The number of aryl methyl sites for hydroxylation is 2. The number of rotatable bonds is 3. The average Bonchev–Trinajstić information content (AvgIpc) is 2.99. The molecule has 0 unspecified atom stereocenters. The van der Waals surface area contributed by atoms with Gasteiger partial charge in [-0.1, -0.05) is 45.8 Å². The Morgan fingerprint density at radius 1 is 1.03 bits per heavy atom. The van der Waals surface area contributed by atoms with E-state index in [0.717, 1.165) is 15.6 Å². The number of ether oxygens (including phenoxy) is 2. The van der Waals surface area contributed by atoms with Gasteiger partial charge in [-0.25, -0.2) is 4.79 Å². The van der Waals surface area contributed by atoms with Crippen LogP contribution in [0.1, 0.15) is 37.4 Å². The van der Waals surface area contributed by atoms with Gasteiger partial charge in [-0.2, -0.15) is 0 Å². The molecule has 0 saturated heterocycles. The number of Topliss-reactive ketones (excluding diaryl/α,β-unsaturated/α-hetero) is 1. The minimum absolute atomic E-state index is 0.183. The number of benzene rings is 3. The van der Waals surface area contributed by atoms with Crippen molar-refractivity contribution < 1.29 is 19.1 Å². The average molecular weight is 449 g/mol. The third kappa shape index (κ3) is 4.00. The Hall–Kier alpha value is -3.18. The van der Waals surface area contributed by atoms with E-state index in [-0.39, 0.29) is 11.5 Å². The molecule has 144 valence electrons. The van der Waals surface area contributed by atoms with Crippen molar-refractivity contribution in [2.45, 2.75) is 13.8 Å². The molecule has 0 radical (unpaired) electrons. The molecule has 0 atom stereocenters. The van der Waals surface area contributed by atoms with E-state index >= 15 is 0 Å². The van der Waals surface area contributed by atoms with Crippen LogP contribution >= 0.6 is 15.9 Å². The van der Waals surface area contributed by atoms with Gasteiger partial charge in [0.25, 0.3) is 0 Å². The van der Waals surface area contributed by atoms with E-state index in [1.807, 2.05) is 37.3 Å². The maximum atomic E-state index is 12.8. The van der Waals surface area contributed by atoms with Crippen LogP contribution in [0.2, 0.25) is 0 Å². The lowest BCUT2D eigenvalue weighted by Gasteiger charge is -2.08. The molecule has 0 fully saturated rings. The number of hydrogen-bond donors (Lipinski definition) is 0. The van der Waals surface area contributed by atoms with Crippen molar-refractivity contribution in [3.63, 3.8) is 0 Å². The van der Waals surface area contributed by atoms with E-state index in [1.54, 1.807) is 43.3 Å². The first kappa shape index (κ1) is 19.2. The van der Waals surface area contributed by atoms with Gasteiger partial charge in [0.15, 0.2) is 5.76 Å². The van der Waals surface area contributed by atoms with Crippen LogP contribution in [0.15, 0.2) is 70.9 Å². The first-order valence-electron chi connectivity index (χ1n) is 9.04. The predicted molar refractivity (Wildman–Crippen MR) is 114 cm³/mol. The molecular formula is C24H17BrO4. The Labute approximate surface area is 176 Å². The van der Waals surface area contributed by atoms with Crippen LogP contribution in [-0.2, 0) is 0 Å². The van der Waals surface area contributed by atoms with Crippen molar-refractivity contribution in [1.82, 2.24) is 0 Å². The first-order valence-corrected chi connectivity index (χ1v) is 9.83. The third-order valence-electron chi connectivity index (χ3n) is 4.58. The summed E-state index contributed by atoms with van der Waals surface area (Å²) in [7, 11) is 0. The Kier molecular flexibility index (Phi) is 5.07. The lowest BCUT2D eigenvalue weighted by atomic mass is 10.0. The van der Waals surface area contributed by atoms with Crippen LogP contribution in [0.5, 0.6) is 11.5 Å². The Morgan fingerprint density at radius 2 is 1.79 bits per heavy atom. The highest BCUT2D eigenvalue weighted by Gasteiger charge is 2.30. The second kappa shape index (κ2) is 7.68. The van der Waals surface area contributed by atoms with Gasteiger partial charge in [-0.15, -0.1) is 0 Å². The monoisotopic (exact) mass is 448 g/mol. The van der Waals surface area contributed by atoms with Crippen LogP contribution < -0.4 is 9.47 Å². The number of halogens is 1. The summed E-state index contributed by atoms with van der Waals surface area (Å²) in [6, 6.07) is 18.0. The second-order valence-corrected chi connectivity index (χ2v) is 7.78. The van der Waals surface area contributed by atoms with E-state index in [1.165, 1.54) is 0 Å². The molecule has 0 aliphatic carbocycles. The summed E-state index contributed by atoms with van der Waals surface area (Å²) in [6.07, 6.45) is 1.70. The van der Waals surface area contributed by atoms with Crippen molar-refractivity contribution in [2.24, 2.45) is 0 Å². The van der Waals surface area contributed by atoms with Crippen molar-refractivity contribution in [3.05, 3.63) is 98.7 Å². The van der Waals surface area contributed by atoms with Crippen LogP contribution in [-0.4, -0.2) is 11.8 Å². The van der Waals surface area contributed by atoms with E-state index in [0.29, 0.717) is 28.2 Å². The zero-order chi connectivity index (χ0) is 20.5. The molecule has 0 amide bonds. The van der Waals surface area contributed by atoms with E-state index in [4.69, 9.17) is 9.47 Å². The van der Waals surface area contributed by atoms with E-state index in [9.17, 15) is 9.59 Å². The predicted octanol–water partition coefficient (Wildman–Crippen LogP) is 5.90. The molecule has 0 bridgehead atoms. The fourth-order valence-corrected chi connectivity index (χ4v) is 3.45. The van der Waals surface area contributed by atoms with Crippen molar-refractivity contribution in [1.29, 1.82) is 0 Å². The Bertz CT molecular complexity index is 1160. The summed E-state index contributed by atoms with van der Waals surface area (Å²) < 4.78 is 12.3. The third-order valence-corrected chi connectivity index (χ3v) is 5.10. The minimum Gasteiger partial charge on any atom is -0.452 e. The molecule has 3 aromatic rings. The van der Waals surface area contributed by atoms with Gasteiger partial charge in [0.1, 0.15) is 11.5 Å². The molecule has 4 nitrogen and oxygen atoms in total. The SMILES string of the molecule is Cc1cccc(C(=O)Oc2cc(C)c3c(c2)O/C(=C\c2ccc(Br)cc2)C3=O)c1. The van der Waals surface area contributed by atoms with Gasteiger partial charge >= 0.3 is 5.97 Å². The number of allylic oxidation sites excluding steroid dienone is 1. The Balaban J connectivity index is 1.60. The van der Waals surface area contributed by atoms with Crippen molar-refractivity contribution in [3.8, 4) is 11.5 Å². The van der Waals surface area contributed by atoms with Gasteiger partial charge < -0.3 is 9.47 Å². The summed E-state index contributed by atoms with van der Waals surface area (Å²) in [4.78, 5) is 25.2. The lowest BCUT2D eigenvalue weighted by molar-refractivity contribution is 0.0734. The summed E-state index contributed by atoms with van der Waals surface area (Å²) in [5, 5.41) is 0. The highest BCUT2D eigenvalue weighted by molar-refractivity contribution is 9.10. The van der Waals surface area contributed by atoms with Gasteiger partial charge in [0, 0.05) is 10.5 Å². The minimum atomic E-state index is -0.456. The van der Waals surface area contributed by atoms with Gasteiger partial charge in [0.2, 0.25) is 5.78 Å². The van der Waals surface area contributed by atoms with Crippen LogP contribution in [0.25, 0.3) is 6.08 Å². The van der Waals surface area contributed by atoms with Gasteiger partial charge in [-0.05, 0) is 61.4 Å². The maximum Gasteiger partial charge on any atom is 0.343 e. The highest BCUT2D eigenvalue weighted by Crippen LogP contribution is 2.37. The number of carbonyl (C=O) groups excluding carboxylic acids is 2. The molecular weight excluding hydrogens is 432 g/mol. The quantitative estimate of drug-likeness (QED) is 0.284. The summed E-state index contributed by atoms with van der Waals surface area (Å²) in [5.74, 6) is 0.336. The van der Waals surface area contributed by atoms with Crippen molar-refractivity contribution >= 4 is 33.8 Å².